The average Bonchev–Trinajstić information content (AvgIpc) is 3.23. The van der Waals surface area contributed by atoms with E-state index >= 15 is 0 Å². The molecule has 114 valence electrons. The molecule has 23 heavy (non-hydrogen) atoms. The Morgan fingerprint density at radius 2 is 2.17 bits per heavy atom. The highest BCUT2D eigenvalue weighted by molar-refractivity contribution is 5.66. The van der Waals surface area contributed by atoms with Gasteiger partial charge in [0.05, 0.1) is 24.4 Å². The van der Waals surface area contributed by atoms with Crippen molar-refractivity contribution < 1.29 is 4.42 Å². The Hall–Kier alpha value is -2.84. The molecule has 0 saturated heterocycles. The van der Waals surface area contributed by atoms with Gasteiger partial charge in [-0.3, -0.25) is 10.00 Å². The van der Waals surface area contributed by atoms with Crippen LogP contribution >= 0.6 is 0 Å². The standard InChI is InChI=1S/C18H16N4O/c19-9-13-3-1-2-4-16(13)18-6-5-15(23-18)12-22-8-7-17-14(11-22)10-20-21-17/h1-6,10H,7-8,11-12H2,(H,20,21). The molecule has 2 aromatic heterocycles. The van der Waals surface area contributed by atoms with Gasteiger partial charge in [0.2, 0.25) is 0 Å². The van der Waals surface area contributed by atoms with Gasteiger partial charge in [-0.1, -0.05) is 12.1 Å². The molecule has 1 aliphatic rings. The lowest BCUT2D eigenvalue weighted by Crippen LogP contribution is -2.29. The number of nitrogens with zero attached hydrogens (tertiary/aromatic N) is 3. The minimum Gasteiger partial charge on any atom is -0.460 e. The number of nitrogens with one attached hydrogen (secondary N) is 1. The summed E-state index contributed by atoms with van der Waals surface area (Å²) in [5.74, 6) is 1.66. The summed E-state index contributed by atoms with van der Waals surface area (Å²) in [6, 6.07) is 13.7. The number of nitriles is 1. The van der Waals surface area contributed by atoms with Crippen LogP contribution in [-0.2, 0) is 19.5 Å². The lowest BCUT2D eigenvalue weighted by atomic mass is 10.1. The van der Waals surface area contributed by atoms with E-state index in [1.807, 2.05) is 42.6 Å². The lowest BCUT2D eigenvalue weighted by Gasteiger charge is -2.25. The number of benzene rings is 1. The van der Waals surface area contributed by atoms with Crippen molar-refractivity contribution in [1.29, 1.82) is 5.26 Å². The lowest BCUT2D eigenvalue weighted by molar-refractivity contribution is 0.226. The molecule has 0 atom stereocenters. The van der Waals surface area contributed by atoms with E-state index in [1.54, 1.807) is 0 Å². The number of aromatic amines is 1. The van der Waals surface area contributed by atoms with Crippen molar-refractivity contribution in [2.24, 2.45) is 0 Å². The average molecular weight is 304 g/mol. The van der Waals surface area contributed by atoms with E-state index < -0.39 is 0 Å². The summed E-state index contributed by atoms with van der Waals surface area (Å²) < 4.78 is 5.97. The van der Waals surface area contributed by atoms with E-state index in [1.165, 1.54) is 11.3 Å². The van der Waals surface area contributed by atoms with Crippen LogP contribution in [0.5, 0.6) is 0 Å². The molecule has 0 bridgehead atoms. The zero-order valence-corrected chi connectivity index (χ0v) is 12.6. The van der Waals surface area contributed by atoms with E-state index in [0.29, 0.717) is 5.56 Å². The summed E-state index contributed by atoms with van der Waals surface area (Å²) >= 11 is 0. The van der Waals surface area contributed by atoms with Gasteiger partial charge in [-0.2, -0.15) is 10.4 Å². The van der Waals surface area contributed by atoms with Gasteiger partial charge in [-0.15, -0.1) is 0 Å². The van der Waals surface area contributed by atoms with Crippen molar-refractivity contribution >= 4 is 0 Å². The third-order valence-electron chi connectivity index (χ3n) is 4.23. The maximum absolute atomic E-state index is 9.21. The first-order valence-corrected chi connectivity index (χ1v) is 7.65. The fourth-order valence-electron chi connectivity index (χ4n) is 3.04. The fourth-order valence-corrected chi connectivity index (χ4v) is 3.04. The summed E-state index contributed by atoms with van der Waals surface area (Å²) in [6.45, 7) is 2.63. The zero-order chi connectivity index (χ0) is 15.6. The number of rotatable bonds is 3. The topological polar surface area (TPSA) is 68.8 Å². The second kappa shape index (κ2) is 5.75. The van der Waals surface area contributed by atoms with Gasteiger partial charge >= 0.3 is 0 Å². The molecule has 4 rings (SSSR count). The van der Waals surface area contributed by atoms with Gasteiger partial charge in [0.15, 0.2) is 0 Å². The minimum atomic E-state index is 0.634. The summed E-state index contributed by atoms with van der Waals surface area (Å²) in [5.41, 5.74) is 3.98. The molecule has 0 fully saturated rings. The van der Waals surface area contributed by atoms with Gasteiger partial charge in [-0.25, -0.2) is 0 Å². The van der Waals surface area contributed by atoms with Crippen LogP contribution in [0, 0.1) is 11.3 Å². The monoisotopic (exact) mass is 304 g/mol. The predicted octanol–water partition coefficient (Wildman–Crippen LogP) is 3.10. The van der Waals surface area contributed by atoms with Crippen LogP contribution in [0.15, 0.2) is 47.0 Å². The van der Waals surface area contributed by atoms with Crippen molar-refractivity contribution in [3.63, 3.8) is 0 Å². The summed E-state index contributed by atoms with van der Waals surface area (Å²) in [7, 11) is 0. The third kappa shape index (κ3) is 2.65. The smallest absolute Gasteiger partial charge is 0.135 e. The molecule has 0 unspecified atom stereocenters. The van der Waals surface area contributed by atoms with Crippen LogP contribution in [0.3, 0.4) is 0 Å². The highest BCUT2D eigenvalue weighted by Gasteiger charge is 2.19. The number of furan rings is 1. The molecule has 5 nitrogen and oxygen atoms in total. The third-order valence-corrected chi connectivity index (χ3v) is 4.23. The number of fused-ring (bicyclic) bond motifs is 1. The van der Waals surface area contributed by atoms with Crippen LogP contribution in [-0.4, -0.2) is 21.6 Å². The van der Waals surface area contributed by atoms with Gasteiger partial charge in [0, 0.05) is 36.3 Å². The number of hydrogen-bond acceptors (Lipinski definition) is 4. The highest BCUT2D eigenvalue weighted by atomic mass is 16.3. The van der Waals surface area contributed by atoms with E-state index in [4.69, 9.17) is 4.42 Å². The van der Waals surface area contributed by atoms with E-state index in [2.05, 4.69) is 21.2 Å². The van der Waals surface area contributed by atoms with Crippen LogP contribution in [0.2, 0.25) is 0 Å². The Kier molecular flexibility index (Phi) is 3.45. The highest BCUT2D eigenvalue weighted by Crippen LogP contribution is 2.27. The van der Waals surface area contributed by atoms with Gasteiger partial charge in [0.1, 0.15) is 11.5 Å². The molecule has 0 aliphatic carbocycles. The van der Waals surface area contributed by atoms with Crippen molar-refractivity contribution in [1.82, 2.24) is 15.1 Å². The molecule has 3 aromatic rings. The predicted molar refractivity (Wildman–Crippen MR) is 85.3 cm³/mol. The number of hydrogen-bond donors (Lipinski definition) is 1. The van der Waals surface area contributed by atoms with Crippen LogP contribution in [0.1, 0.15) is 22.6 Å². The Morgan fingerprint density at radius 1 is 1.26 bits per heavy atom. The van der Waals surface area contributed by atoms with Crippen molar-refractivity contribution in [3.8, 4) is 17.4 Å². The molecule has 0 spiro atoms. The molecule has 0 radical (unpaired) electrons. The fraction of sp³-hybridized carbons (Fsp3) is 0.222. The van der Waals surface area contributed by atoms with Crippen LogP contribution < -0.4 is 0 Å². The summed E-state index contributed by atoms with van der Waals surface area (Å²) in [4.78, 5) is 2.34. The van der Waals surface area contributed by atoms with Gasteiger partial charge in [-0.05, 0) is 24.3 Å². The van der Waals surface area contributed by atoms with Gasteiger partial charge in [0.25, 0.3) is 0 Å². The Labute approximate surface area is 134 Å². The molecule has 1 N–H and O–H groups in total. The quantitative estimate of drug-likeness (QED) is 0.807. The summed E-state index contributed by atoms with van der Waals surface area (Å²) in [5, 5.41) is 16.4. The Morgan fingerprint density at radius 3 is 3.09 bits per heavy atom. The Bertz CT molecular complexity index is 871. The van der Waals surface area contributed by atoms with Crippen molar-refractivity contribution in [2.75, 3.05) is 6.54 Å². The first-order valence-electron chi connectivity index (χ1n) is 7.65. The normalized spacial score (nSPS) is 14.4. The molecule has 5 heteroatoms. The Balaban J connectivity index is 1.52. The first-order chi connectivity index (χ1) is 11.3. The minimum absolute atomic E-state index is 0.634. The van der Waals surface area contributed by atoms with Crippen LogP contribution in [0.4, 0.5) is 0 Å². The van der Waals surface area contributed by atoms with Gasteiger partial charge < -0.3 is 4.42 Å². The SMILES string of the molecule is N#Cc1ccccc1-c1ccc(CN2CCc3[nH]ncc3C2)o1. The van der Waals surface area contributed by atoms with E-state index in [9.17, 15) is 5.26 Å². The van der Waals surface area contributed by atoms with Crippen molar-refractivity contribution in [2.45, 2.75) is 19.5 Å². The maximum Gasteiger partial charge on any atom is 0.135 e. The summed E-state index contributed by atoms with van der Waals surface area (Å²) in [6.07, 6.45) is 2.89. The van der Waals surface area contributed by atoms with E-state index in [-0.39, 0.29) is 0 Å². The van der Waals surface area contributed by atoms with Crippen LogP contribution in [0.25, 0.3) is 11.3 Å². The molecular weight excluding hydrogens is 288 g/mol. The largest absolute Gasteiger partial charge is 0.460 e. The number of aromatic nitrogens is 2. The molecule has 0 amide bonds. The van der Waals surface area contributed by atoms with Crippen molar-refractivity contribution in [3.05, 3.63) is 65.2 Å². The zero-order valence-electron chi connectivity index (χ0n) is 12.6. The molecule has 0 saturated carbocycles. The molecule has 1 aromatic carbocycles. The second-order valence-corrected chi connectivity index (χ2v) is 5.76. The second-order valence-electron chi connectivity index (χ2n) is 5.76. The molecular formula is C18H16N4O. The first kappa shape index (κ1) is 13.8. The van der Waals surface area contributed by atoms with E-state index in [0.717, 1.165) is 43.1 Å². The number of H-pyrrole nitrogens is 1. The molecule has 3 heterocycles. The maximum atomic E-state index is 9.21. The molecule has 1 aliphatic heterocycles.